The first-order valence-electron chi connectivity index (χ1n) is 6.60. The van der Waals surface area contributed by atoms with Gasteiger partial charge in [-0.05, 0) is 45.8 Å². The lowest BCUT2D eigenvalue weighted by Crippen LogP contribution is -2.54. The van der Waals surface area contributed by atoms with Gasteiger partial charge in [0.25, 0.3) is 0 Å². The first-order chi connectivity index (χ1) is 7.60. The number of rotatable bonds is 6. The molecule has 1 saturated carbocycles. The zero-order valence-electron chi connectivity index (χ0n) is 11.1. The summed E-state index contributed by atoms with van der Waals surface area (Å²) in [7, 11) is 4.40. The highest BCUT2D eigenvalue weighted by Crippen LogP contribution is 2.35. The van der Waals surface area contributed by atoms with Crippen LogP contribution < -0.4 is 5.32 Å². The molecule has 2 atom stereocenters. The molecule has 0 bridgehead atoms. The summed E-state index contributed by atoms with van der Waals surface area (Å²) in [6.45, 7) is 4.65. The number of nitrogens with one attached hydrogen (secondary N) is 1. The van der Waals surface area contributed by atoms with Crippen molar-refractivity contribution >= 4 is 0 Å². The highest BCUT2D eigenvalue weighted by molar-refractivity contribution is 4.94. The van der Waals surface area contributed by atoms with E-state index in [9.17, 15) is 0 Å². The first-order valence-corrected chi connectivity index (χ1v) is 6.60. The van der Waals surface area contributed by atoms with E-state index in [0.29, 0.717) is 12.1 Å². The van der Waals surface area contributed by atoms with Crippen LogP contribution in [-0.4, -0.2) is 49.3 Å². The Kier molecular flexibility index (Phi) is 5.73. The molecule has 1 rings (SSSR count). The third-order valence-electron chi connectivity index (χ3n) is 3.98. The zero-order valence-corrected chi connectivity index (χ0v) is 11.1. The van der Waals surface area contributed by atoms with E-state index in [1.165, 1.54) is 25.7 Å². The van der Waals surface area contributed by atoms with Gasteiger partial charge in [-0.3, -0.25) is 0 Å². The number of likely N-dealkylation sites (N-methyl/N-ethyl adjacent to an activating group) is 1. The molecular weight excluding hydrogens is 200 g/mol. The van der Waals surface area contributed by atoms with Crippen LogP contribution in [0.3, 0.4) is 0 Å². The molecule has 96 valence electrons. The second kappa shape index (κ2) is 6.58. The summed E-state index contributed by atoms with van der Waals surface area (Å²) in [4.78, 5) is 2.40. The van der Waals surface area contributed by atoms with Crippen molar-refractivity contribution in [2.75, 3.05) is 33.8 Å². The maximum Gasteiger partial charge on any atom is 0.0443 e. The van der Waals surface area contributed by atoms with Crippen molar-refractivity contribution in [3.05, 3.63) is 0 Å². The average molecular weight is 228 g/mol. The van der Waals surface area contributed by atoms with Crippen LogP contribution in [0.25, 0.3) is 0 Å². The van der Waals surface area contributed by atoms with Gasteiger partial charge in [0, 0.05) is 18.7 Å². The molecule has 0 aromatic carbocycles. The van der Waals surface area contributed by atoms with Gasteiger partial charge in [-0.25, -0.2) is 0 Å². The molecule has 16 heavy (non-hydrogen) atoms. The van der Waals surface area contributed by atoms with E-state index >= 15 is 0 Å². The molecule has 0 amide bonds. The van der Waals surface area contributed by atoms with Gasteiger partial charge in [0.2, 0.25) is 0 Å². The Morgan fingerprint density at radius 3 is 2.75 bits per heavy atom. The molecule has 0 spiro atoms. The summed E-state index contributed by atoms with van der Waals surface area (Å²) in [5.41, 5.74) is 0.340. The van der Waals surface area contributed by atoms with Crippen LogP contribution in [0.1, 0.15) is 39.0 Å². The molecule has 0 heterocycles. The molecular formula is C13H28N2O. The zero-order chi connectivity index (χ0) is 12.0. The number of aliphatic hydroxyl groups is 1. The van der Waals surface area contributed by atoms with Gasteiger partial charge in [-0.2, -0.15) is 0 Å². The van der Waals surface area contributed by atoms with Crippen molar-refractivity contribution in [2.24, 2.45) is 5.92 Å². The summed E-state index contributed by atoms with van der Waals surface area (Å²) in [6, 6.07) is 0. The molecule has 1 fully saturated rings. The minimum Gasteiger partial charge on any atom is -0.396 e. The van der Waals surface area contributed by atoms with E-state index in [2.05, 4.69) is 31.2 Å². The van der Waals surface area contributed by atoms with Gasteiger partial charge >= 0.3 is 0 Å². The maximum absolute atomic E-state index is 8.77. The third kappa shape index (κ3) is 3.72. The molecule has 0 aromatic rings. The fourth-order valence-electron chi connectivity index (χ4n) is 2.88. The van der Waals surface area contributed by atoms with Crippen molar-refractivity contribution < 1.29 is 5.11 Å². The predicted octanol–water partition coefficient (Wildman–Crippen LogP) is 1.47. The van der Waals surface area contributed by atoms with Crippen LogP contribution in [0, 0.1) is 5.92 Å². The summed E-state index contributed by atoms with van der Waals surface area (Å²) in [5, 5.41) is 12.3. The summed E-state index contributed by atoms with van der Waals surface area (Å²) in [5.74, 6) is 0.843. The van der Waals surface area contributed by atoms with Crippen LogP contribution in [0.2, 0.25) is 0 Å². The van der Waals surface area contributed by atoms with Gasteiger partial charge in [-0.1, -0.05) is 19.8 Å². The fraction of sp³-hybridized carbons (Fsp3) is 1.00. The van der Waals surface area contributed by atoms with E-state index in [0.717, 1.165) is 25.4 Å². The smallest absolute Gasteiger partial charge is 0.0443 e. The monoisotopic (exact) mass is 228 g/mol. The van der Waals surface area contributed by atoms with Gasteiger partial charge in [0.15, 0.2) is 0 Å². The van der Waals surface area contributed by atoms with Crippen LogP contribution >= 0.6 is 0 Å². The van der Waals surface area contributed by atoms with Crippen LogP contribution in [0.15, 0.2) is 0 Å². The van der Waals surface area contributed by atoms with E-state index in [1.54, 1.807) is 0 Å². The Bertz CT molecular complexity index is 196. The predicted molar refractivity (Wildman–Crippen MR) is 68.6 cm³/mol. The van der Waals surface area contributed by atoms with E-state index in [1.807, 2.05) is 0 Å². The lowest BCUT2D eigenvalue weighted by molar-refractivity contribution is 0.0750. The van der Waals surface area contributed by atoms with Crippen LogP contribution in [0.4, 0.5) is 0 Å². The van der Waals surface area contributed by atoms with Crippen molar-refractivity contribution in [3.63, 3.8) is 0 Å². The summed E-state index contributed by atoms with van der Waals surface area (Å²) < 4.78 is 0. The van der Waals surface area contributed by atoms with Gasteiger partial charge < -0.3 is 15.3 Å². The lowest BCUT2D eigenvalue weighted by atomic mass is 9.75. The normalized spacial score (nSPS) is 30.9. The molecule has 3 nitrogen and oxygen atoms in total. The third-order valence-corrected chi connectivity index (χ3v) is 3.98. The second-order valence-electron chi connectivity index (χ2n) is 5.57. The number of hydrogen-bond acceptors (Lipinski definition) is 3. The SMILES string of the molecule is CC1CCCC(CNCCCO)(N(C)C)C1. The molecule has 1 aliphatic carbocycles. The van der Waals surface area contributed by atoms with E-state index in [-0.39, 0.29) is 0 Å². The van der Waals surface area contributed by atoms with Crippen molar-refractivity contribution in [1.29, 1.82) is 0 Å². The molecule has 2 unspecified atom stereocenters. The van der Waals surface area contributed by atoms with Gasteiger partial charge in [0.1, 0.15) is 0 Å². The molecule has 0 radical (unpaired) electrons. The quantitative estimate of drug-likeness (QED) is 0.676. The van der Waals surface area contributed by atoms with Crippen LogP contribution in [-0.2, 0) is 0 Å². The molecule has 0 aromatic heterocycles. The Hall–Kier alpha value is -0.120. The van der Waals surface area contributed by atoms with Gasteiger partial charge in [-0.15, -0.1) is 0 Å². The highest BCUT2D eigenvalue weighted by Gasteiger charge is 2.36. The Balaban J connectivity index is 2.45. The number of nitrogens with zero attached hydrogens (tertiary/aromatic N) is 1. The minimum absolute atomic E-state index is 0.290. The van der Waals surface area contributed by atoms with Crippen molar-refractivity contribution in [3.8, 4) is 0 Å². The largest absolute Gasteiger partial charge is 0.396 e. The summed E-state index contributed by atoms with van der Waals surface area (Å²) >= 11 is 0. The van der Waals surface area contributed by atoms with E-state index < -0.39 is 0 Å². The van der Waals surface area contributed by atoms with Crippen molar-refractivity contribution in [2.45, 2.75) is 44.6 Å². The number of hydrogen-bond donors (Lipinski definition) is 2. The topological polar surface area (TPSA) is 35.5 Å². The molecule has 1 aliphatic rings. The fourth-order valence-corrected chi connectivity index (χ4v) is 2.88. The molecule has 0 saturated heterocycles. The minimum atomic E-state index is 0.290. The second-order valence-corrected chi connectivity index (χ2v) is 5.57. The molecule has 3 heteroatoms. The Morgan fingerprint density at radius 2 is 2.19 bits per heavy atom. The lowest BCUT2D eigenvalue weighted by Gasteiger charge is -2.45. The highest BCUT2D eigenvalue weighted by atomic mass is 16.3. The average Bonchev–Trinajstić information content (AvgIpc) is 2.24. The Morgan fingerprint density at radius 1 is 1.44 bits per heavy atom. The van der Waals surface area contributed by atoms with E-state index in [4.69, 9.17) is 5.11 Å². The Labute approximate surface area is 100 Å². The van der Waals surface area contributed by atoms with Gasteiger partial charge in [0.05, 0.1) is 0 Å². The standard InChI is InChI=1S/C13H28N2O/c1-12-6-4-7-13(10-12,15(2)3)11-14-8-5-9-16/h12,14,16H,4-11H2,1-3H3. The van der Waals surface area contributed by atoms with Crippen LogP contribution in [0.5, 0.6) is 0 Å². The maximum atomic E-state index is 8.77. The first kappa shape index (κ1) is 13.9. The molecule has 2 N–H and O–H groups in total. The summed E-state index contributed by atoms with van der Waals surface area (Å²) in [6.07, 6.45) is 6.19. The number of aliphatic hydroxyl groups excluding tert-OH is 1. The van der Waals surface area contributed by atoms with Crippen molar-refractivity contribution in [1.82, 2.24) is 10.2 Å². The molecule has 0 aliphatic heterocycles.